The van der Waals surface area contributed by atoms with Crippen molar-refractivity contribution in [3.8, 4) is 11.3 Å². The average molecular weight is 394 g/mol. The van der Waals surface area contributed by atoms with E-state index in [2.05, 4.69) is 25.3 Å². The number of furan rings is 1. The zero-order chi connectivity index (χ0) is 19.4. The number of hydrogen-bond donors (Lipinski definition) is 2. The summed E-state index contributed by atoms with van der Waals surface area (Å²) < 4.78 is 5.72. The molecule has 3 rings (SSSR count). The topological polar surface area (TPSA) is 64.3 Å². The lowest BCUT2D eigenvalue weighted by atomic mass is 10.0. The SMILES string of the molecule is O=Cc1ccccc1C(=O)/C=C/c1ccc(-c2ccc(S)c(C(=O)S)c2)o1. The number of thiol groups is 2. The number of benzene rings is 2. The van der Waals surface area contributed by atoms with Crippen molar-refractivity contribution in [1.82, 2.24) is 0 Å². The molecule has 0 saturated carbocycles. The highest BCUT2D eigenvalue weighted by Gasteiger charge is 2.11. The van der Waals surface area contributed by atoms with Crippen molar-refractivity contribution in [2.45, 2.75) is 4.90 Å². The molecule has 0 radical (unpaired) electrons. The summed E-state index contributed by atoms with van der Waals surface area (Å²) in [6.07, 6.45) is 3.53. The highest BCUT2D eigenvalue weighted by molar-refractivity contribution is 7.97. The predicted molar refractivity (Wildman–Crippen MR) is 110 cm³/mol. The van der Waals surface area contributed by atoms with E-state index in [0.717, 1.165) is 0 Å². The Morgan fingerprint density at radius 2 is 1.74 bits per heavy atom. The van der Waals surface area contributed by atoms with Crippen molar-refractivity contribution in [2.75, 3.05) is 0 Å². The highest BCUT2D eigenvalue weighted by Crippen LogP contribution is 2.27. The molecule has 1 heterocycles. The van der Waals surface area contributed by atoms with E-state index in [0.29, 0.717) is 45.0 Å². The van der Waals surface area contributed by atoms with Gasteiger partial charge in [-0.1, -0.05) is 30.3 Å². The standard InChI is InChI=1S/C21H14O4S2/c22-12-14-3-1-2-4-16(14)18(23)8-6-15-7-9-19(25-15)13-5-10-20(26)17(11-13)21(24)27/h1-12,26H,(H,24,27)/b8-6+. The summed E-state index contributed by atoms with van der Waals surface area (Å²) in [7, 11) is 0. The van der Waals surface area contributed by atoms with Gasteiger partial charge in [-0.3, -0.25) is 14.4 Å². The Kier molecular flexibility index (Phi) is 5.78. The first-order valence-corrected chi connectivity index (χ1v) is 8.82. The molecule has 0 saturated heterocycles. The van der Waals surface area contributed by atoms with E-state index >= 15 is 0 Å². The van der Waals surface area contributed by atoms with Gasteiger partial charge < -0.3 is 4.42 Å². The number of rotatable bonds is 6. The van der Waals surface area contributed by atoms with E-state index in [1.165, 1.54) is 12.2 Å². The molecular formula is C21H14O4S2. The molecule has 6 heteroatoms. The molecule has 0 N–H and O–H groups in total. The van der Waals surface area contributed by atoms with Gasteiger partial charge in [0, 0.05) is 27.1 Å². The van der Waals surface area contributed by atoms with Crippen molar-refractivity contribution in [3.63, 3.8) is 0 Å². The van der Waals surface area contributed by atoms with Gasteiger partial charge >= 0.3 is 0 Å². The fraction of sp³-hybridized carbons (Fsp3) is 0. The predicted octanol–water partition coefficient (Wildman–Crippen LogP) is 5.01. The Morgan fingerprint density at radius 3 is 2.48 bits per heavy atom. The van der Waals surface area contributed by atoms with Crippen LogP contribution < -0.4 is 0 Å². The second kappa shape index (κ2) is 8.24. The van der Waals surface area contributed by atoms with Gasteiger partial charge in [0.1, 0.15) is 11.5 Å². The van der Waals surface area contributed by atoms with Crippen molar-refractivity contribution < 1.29 is 18.8 Å². The molecule has 27 heavy (non-hydrogen) atoms. The molecule has 134 valence electrons. The Morgan fingerprint density at radius 1 is 0.963 bits per heavy atom. The van der Waals surface area contributed by atoms with Gasteiger partial charge in [-0.05, 0) is 36.4 Å². The van der Waals surface area contributed by atoms with E-state index in [1.807, 2.05) is 0 Å². The van der Waals surface area contributed by atoms with Crippen molar-refractivity contribution in [1.29, 1.82) is 0 Å². The summed E-state index contributed by atoms with van der Waals surface area (Å²) in [5.41, 5.74) is 1.75. The van der Waals surface area contributed by atoms with Crippen LogP contribution in [0, 0.1) is 0 Å². The minimum atomic E-state index is -0.382. The maximum absolute atomic E-state index is 12.3. The third-order valence-corrected chi connectivity index (χ3v) is 4.52. The molecule has 4 nitrogen and oxygen atoms in total. The zero-order valence-electron chi connectivity index (χ0n) is 14.0. The zero-order valence-corrected chi connectivity index (χ0v) is 15.7. The van der Waals surface area contributed by atoms with Crippen molar-refractivity contribution >= 4 is 48.5 Å². The summed E-state index contributed by atoms with van der Waals surface area (Å²) in [6, 6.07) is 15.2. The molecule has 3 aromatic rings. The van der Waals surface area contributed by atoms with Gasteiger partial charge in [-0.15, -0.1) is 25.3 Å². The maximum atomic E-state index is 12.3. The lowest BCUT2D eigenvalue weighted by Gasteiger charge is -2.03. The molecule has 0 unspecified atom stereocenters. The number of allylic oxidation sites excluding steroid dienone is 1. The number of carbonyl (C=O) groups excluding carboxylic acids is 3. The summed E-state index contributed by atoms with van der Waals surface area (Å²) >= 11 is 8.07. The van der Waals surface area contributed by atoms with Crippen molar-refractivity contribution in [3.05, 3.63) is 83.1 Å². The first-order valence-electron chi connectivity index (χ1n) is 7.92. The summed E-state index contributed by atoms with van der Waals surface area (Å²) in [6.45, 7) is 0. The fourth-order valence-electron chi connectivity index (χ4n) is 2.53. The van der Waals surface area contributed by atoms with Crippen LogP contribution in [0.4, 0.5) is 0 Å². The summed E-state index contributed by atoms with van der Waals surface area (Å²) in [4.78, 5) is 35.4. The van der Waals surface area contributed by atoms with E-state index in [1.54, 1.807) is 54.6 Å². The molecule has 0 bridgehead atoms. The number of aldehydes is 1. The number of carbonyl (C=O) groups is 3. The van der Waals surface area contributed by atoms with Crippen LogP contribution in [-0.4, -0.2) is 17.2 Å². The Hall–Kier alpha value is -2.83. The van der Waals surface area contributed by atoms with Gasteiger partial charge in [-0.25, -0.2) is 0 Å². The monoisotopic (exact) mass is 394 g/mol. The molecule has 0 aliphatic heterocycles. The van der Waals surface area contributed by atoms with Crippen LogP contribution in [0.25, 0.3) is 17.4 Å². The van der Waals surface area contributed by atoms with Crippen LogP contribution in [0.15, 0.2) is 70.0 Å². The molecule has 0 aliphatic rings. The minimum absolute atomic E-state index is 0.293. The molecule has 2 aromatic carbocycles. The molecular weight excluding hydrogens is 380 g/mol. The third kappa shape index (κ3) is 4.30. The van der Waals surface area contributed by atoms with Gasteiger partial charge in [0.15, 0.2) is 12.1 Å². The summed E-state index contributed by atoms with van der Waals surface area (Å²) in [5.74, 6) is 0.716. The number of hydrogen-bond acceptors (Lipinski definition) is 5. The lowest BCUT2D eigenvalue weighted by Crippen LogP contribution is -1.99. The normalized spacial score (nSPS) is 10.9. The van der Waals surface area contributed by atoms with Crippen LogP contribution in [-0.2, 0) is 0 Å². The maximum Gasteiger partial charge on any atom is 0.217 e. The average Bonchev–Trinajstić information content (AvgIpc) is 3.15. The smallest absolute Gasteiger partial charge is 0.217 e. The van der Waals surface area contributed by atoms with Crippen LogP contribution >= 0.6 is 25.3 Å². The second-order valence-electron chi connectivity index (χ2n) is 5.64. The molecule has 0 aliphatic carbocycles. The van der Waals surface area contributed by atoms with Crippen LogP contribution in [0.2, 0.25) is 0 Å². The first kappa shape index (κ1) is 18.9. The van der Waals surface area contributed by atoms with E-state index in [9.17, 15) is 14.4 Å². The summed E-state index contributed by atoms with van der Waals surface area (Å²) in [5, 5.41) is -0.382. The van der Waals surface area contributed by atoms with Gasteiger partial charge in [-0.2, -0.15) is 0 Å². The Bertz CT molecular complexity index is 1060. The first-order chi connectivity index (χ1) is 13.0. The molecule has 0 fully saturated rings. The van der Waals surface area contributed by atoms with Crippen molar-refractivity contribution in [2.24, 2.45) is 0 Å². The van der Waals surface area contributed by atoms with Crippen LogP contribution in [0.5, 0.6) is 0 Å². The molecule has 1 aromatic heterocycles. The van der Waals surface area contributed by atoms with Crippen LogP contribution in [0.3, 0.4) is 0 Å². The van der Waals surface area contributed by atoms with E-state index < -0.39 is 0 Å². The van der Waals surface area contributed by atoms with E-state index in [4.69, 9.17) is 4.42 Å². The molecule has 0 amide bonds. The van der Waals surface area contributed by atoms with Crippen LogP contribution in [0.1, 0.15) is 36.8 Å². The number of ketones is 1. The highest BCUT2D eigenvalue weighted by atomic mass is 32.1. The molecule has 0 spiro atoms. The lowest BCUT2D eigenvalue weighted by molar-refractivity contribution is 0.103. The Labute approximate surface area is 166 Å². The fourth-order valence-corrected chi connectivity index (χ4v) is 3.04. The minimum Gasteiger partial charge on any atom is -0.457 e. The Balaban J connectivity index is 1.83. The van der Waals surface area contributed by atoms with Gasteiger partial charge in [0.2, 0.25) is 5.12 Å². The quantitative estimate of drug-likeness (QED) is 0.267. The second-order valence-corrected chi connectivity index (χ2v) is 6.53. The van der Waals surface area contributed by atoms with E-state index in [-0.39, 0.29) is 10.9 Å². The van der Waals surface area contributed by atoms with Gasteiger partial charge in [0.25, 0.3) is 0 Å². The largest absolute Gasteiger partial charge is 0.457 e. The third-order valence-electron chi connectivity index (χ3n) is 3.89. The van der Waals surface area contributed by atoms with Gasteiger partial charge in [0.05, 0.1) is 0 Å². The molecule has 0 atom stereocenters.